The van der Waals surface area contributed by atoms with Gasteiger partial charge in [0.1, 0.15) is 0 Å². The van der Waals surface area contributed by atoms with Crippen LogP contribution in [0.1, 0.15) is 12.0 Å². The van der Waals surface area contributed by atoms with Gasteiger partial charge in [-0.15, -0.1) is 0 Å². The maximum atomic E-state index is 11.4. The van der Waals surface area contributed by atoms with Gasteiger partial charge in [0.25, 0.3) is 0 Å². The van der Waals surface area contributed by atoms with Crippen LogP contribution in [0.2, 0.25) is 0 Å². The quantitative estimate of drug-likeness (QED) is 0.473. The first-order valence-electron chi connectivity index (χ1n) is 5.84. The van der Waals surface area contributed by atoms with E-state index in [1.165, 1.54) is 21.3 Å². The van der Waals surface area contributed by atoms with Crippen molar-refractivity contribution in [3.8, 4) is 17.2 Å². The molecule has 1 aliphatic heterocycles. The molecule has 0 radical (unpaired) electrons. The molecule has 1 heterocycles. The third-order valence-corrected chi connectivity index (χ3v) is 2.83. The largest absolute Gasteiger partial charge is 0.493 e. The van der Waals surface area contributed by atoms with Gasteiger partial charge in [0.15, 0.2) is 11.5 Å². The van der Waals surface area contributed by atoms with E-state index in [-0.39, 0.29) is 6.42 Å². The number of benzene rings is 1. The molecule has 0 aromatic heterocycles. The fraction of sp³-hybridized carbons (Fsp3) is 0.286. The van der Waals surface area contributed by atoms with Gasteiger partial charge in [-0.25, -0.2) is 4.79 Å². The minimum Gasteiger partial charge on any atom is -0.493 e. The van der Waals surface area contributed by atoms with Crippen molar-refractivity contribution >= 4 is 18.0 Å². The van der Waals surface area contributed by atoms with Crippen LogP contribution >= 0.6 is 0 Å². The summed E-state index contributed by atoms with van der Waals surface area (Å²) in [5.74, 6) is 0.229. The van der Waals surface area contributed by atoms with E-state index in [9.17, 15) is 9.59 Å². The Labute approximate surface area is 115 Å². The number of ether oxygens (including phenoxy) is 4. The highest BCUT2D eigenvalue weighted by Gasteiger charge is 2.27. The highest BCUT2D eigenvalue weighted by molar-refractivity contribution is 6.08. The molecule has 0 spiro atoms. The molecule has 1 aromatic carbocycles. The van der Waals surface area contributed by atoms with Crippen LogP contribution in [0.15, 0.2) is 17.7 Å². The first kappa shape index (κ1) is 13.9. The summed E-state index contributed by atoms with van der Waals surface area (Å²) in [6.07, 6.45) is 1.53. The molecular formula is C14H14O6. The summed E-state index contributed by atoms with van der Waals surface area (Å²) in [5.41, 5.74) is 0.949. The predicted octanol–water partition coefficient (Wildman–Crippen LogP) is 1.57. The maximum absolute atomic E-state index is 11.4. The normalized spacial score (nSPS) is 16.2. The van der Waals surface area contributed by atoms with Crippen LogP contribution in [-0.2, 0) is 14.3 Å². The van der Waals surface area contributed by atoms with Gasteiger partial charge in [-0.05, 0) is 23.8 Å². The highest BCUT2D eigenvalue weighted by Crippen LogP contribution is 2.39. The Hall–Kier alpha value is -2.50. The van der Waals surface area contributed by atoms with E-state index in [1.54, 1.807) is 18.2 Å². The van der Waals surface area contributed by atoms with Gasteiger partial charge >= 0.3 is 11.9 Å². The number of hydrogen-bond acceptors (Lipinski definition) is 6. The summed E-state index contributed by atoms with van der Waals surface area (Å²) in [6.45, 7) is 0. The smallest absolute Gasteiger partial charge is 0.342 e. The Morgan fingerprint density at radius 1 is 1.05 bits per heavy atom. The molecule has 6 nitrogen and oxygen atoms in total. The number of methoxy groups -OCH3 is 3. The van der Waals surface area contributed by atoms with Crippen molar-refractivity contribution in [3.05, 3.63) is 23.3 Å². The van der Waals surface area contributed by atoms with Gasteiger partial charge in [-0.3, -0.25) is 4.79 Å². The molecule has 0 N–H and O–H groups in total. The second-order valence-electron chi connectivity index (χ2n) is 4.07. The Balaban J connectivity index is 2.45. The first-order valence-corrected chi connectivity index (χ1v) is 5.84. The third-order valence-electron chi connectivity index (χ3n) is 2.83. The van der Waals surface area contributed by atoms with Crippen LogP contribution in [0, 0.1) is 0 Å². The molecule has 1 aliphatic rings. The molecule has 2 rings (SSSR count). The third kappa shape index (κ3) is 2.59. The van der Waals surface area contributed by atoms with Crippen LogP contribution in [0.3, 0.4) is 0 Å². The summed E-state index contributed by atoms with van der Waals surface area (Å²) in [4.78, 5) is 22.5. The van der Waals surface area contributed by atoms with Crippen LogP contribution in [-0.4, -0.2) is 33.3 Å². The summed E-state index contributed by atoms with van der Waals surface area (Å²) >= 11 is 0. The Morgan fingerprint density at radius 3 is 2.05 bits per heavy atom. The van der Waals surface area contributed by atoms with Crippen molar-refractivity contribution < 1.29 is 28.5 Å². The Bertz CT molecular complexity index is 562. The van der Waals surface area contributed by atoms with Crippen molar-refractivity contribution in [1.82, 2.24) is 0 Å². The van der Waals surface area contributed by atoms with Crippen LogP contribution in [0.5, 0.6) is 17.2 Å². The number of hydrogen-bond donors (Lipinski definition) is 0. The van der Waals surface area contributed by atoms with E-state index in [0.29, 0.717) is 28.4 Å². The summed E-state index contributed by atoms with van der Waals surface area (Å²) in [5, 5.41) is 0. The minimum absolute atomic E-state index is 0.0322. The Kier molecular flexibility index (Phi) is 3.93. The summed E-state index contributed by atoms with van der Waals surface area (Å²) < 4.78 is 20.1. The predicted molar refractivity (Wildman–Crippen MR) is 69.8 cm³/mol. The van der Waals surface area contributed by atoms with E-state index in [1.807, 2.05) is 0 Å². The topological polar surface area (TPSA) is 71.1 Å². The van der Waals surface area contributed by atoms with Crippen molar-refractivity contribution in [2.24, 2.45) is 0 Å². The van der Waals surface area contributed by atoms with Crippen LogP contribution < -0.4 is 14.2 Å². The van der Waals surface area contributed by atoms with Gasteiger partial charge in [-0.2, -0.15) is 0 Å². The number of carbonyl (C=O) groups is 2. The molecule has 0 amide bonds. The standard InChI is InChI=1S/C14H14O6/c1-17-10-5-8(6-11(18-2)13(10)19-3)4-9-7-12(15)20-14(9)16/h4-6H,7H2,1-3H3. The zero-order chi connectivity index (χ0) is 14.7. The lowest BCUT2D eigenvalue weighted by Gasteiger charge is -2.12. The molecule has 1 aromatic rings. The van der Waals surface area contributed by atoms with Crippen molar-refractivity contribution in [3.63, 3.8) is 0 Å². The molecule has 0 bridgehead atoms. The number of rotatable bonds is 4. The molecule has 20 heavy (non-hydrogen) atoms. The first-order chi connectivity index (χ1) is 9.58. The molecule has 0 saturated carbocycles. The van der Waals surface area contributed by atoms with Crippen LogP contribution in [0.4, 0.5) is 0 Å². The molecule has 0 unspecified atom stereocenters. The highest BCUT2D eigenvalue weighted by atomic mass is 16.6. The summed E-state index contributed by atoms with van der Waals surface area (Å²) in [7, 11) is 4.51. The van der Waals surface area contributed by atoms with Gasteiger partial charge in [-0.1, -0.05) is 0 Å². The van der Waals surface area contributed by atoms with Crippen molar-refractivity contribution in [2.45, 2.75) is 6.42 Å². The van der Waals surface area contributed by atoms with Gasteiger partial charge in [0.2, 0.25) is 5.75 Å². The van der Waals surface area contributed by atoms with E-state index < -0.39 is 11.9 Å². The lowest BCUT2D eigenvalue weighted by atomic mass is 10.1. The van der Waals surface area contributed by atoms with Crippen molar-refractivity contribution in [1.29, 1.82) is 0 Å². The maximum Gasteiger partial charge on any atom is 0.342 e. The second-order valence-corrected chi connectivity index (χ2v) is 4.07. The van der Waals surface area contributed by atoms with E-state index in [2.05, 4.69) is 4.74 Å². The molecule has 0 atom stereocenters. The fourth-order valence-corrected chi connectivity index (χ4v) is 1.93. The average Bonchev–Trinajstić information content (AvgIpc) is 2.75. The van der Waals surface area contributed by atoms with Gasteiger partial charge in [0.05, 0.1) is 27.8 Å². The molecule has 1 fully saturated rings. The lowest BCUT2D eigenvalue weighted by Crippen LogP contribution is -1.98. The molecule has 6 heteroatoms. The molecule has 106 valence electrons. The minimum atomic E-state index is -0.622. The number of esters is 2. The van der Waals surface area contributed by atoms with E-state index in [0.717, 1.165) is 0 Å². The zero-order valence-corrected chi connectivity index (χ0v) is 11.4. The van der Waals surface area contributed by atoms with Gasteiger partial charge < -0.3 is 18.9 Å². The molecule has 1 saturated heterocycles. The molecule has 0 aliphatic carbocycles. The monoisotopic (exact) mass is 278 g/mol. The second kappa shape index (κ2) is 5.64. The molecular weight excluding hydrogens is 264 g/mol. The summed E-state index contributed by atoms with van der Waals surface area (Å²) in [6, 6.07) is 3.37. The van der Waals surface area contributed by atoms with Crippen molar-refractivity contribution in [2.75, 3.05) is 21.3 Å². The number of carbonyl (C=O) groups excluding carboxylic acids is 2. The average molecular weight is 278 g/mol. The van der Waals surface area contributed by atoms with E-state index >= 15 is 0 Å². The van der Waals surface area contributed by atoms with E-state index in [4.69, 9.17) is 14.2 Å². The zero-order valence-electron chi connectivity index (χ0n) is 11.4. The fourth-order valence-electron chi connectivity index (χ4n) is 1.93. The Morgan fingerprint density at radius 2 is 1.65 bits per heavy atom. The number of cyclic esters (lactones) is 2. The van der Waals surface area contributed by atoms with Crippen LogP contribution in [0.25, 0.3) is 6.08 Å². The SMILES string of the molecule is COc1cc(C=C2CC(=O)OC2=O)cc(OC)c1OC. The van der Waals surface area contributed by atoms with Gasteiger partial charge in [0, 0.05) is 5.57 Å². The lowest BCUT2D eigenvalue weighted by molar-refractivity contribution is -0.151.